The number of esters is 1. The summed E-state index contributed by atoms with van der Waals surface area (Å²) in [6.45, 7) is 4.17. The Labute approximate surface area is 72.0 Å². The first-order chi connectivity index (χ1) is 5.65. The van der Waals surface area contributed by atoms with Gasteiger partial charge in [0.25, 0.3) is 0 Å². The highest BCUT2D eigenvalue weighted by atomic mass is 16.5. The van der Waals surface area contributed by atoms with Gasteiger partial charge in [-0.3, -0.25) is 0 Å². The number of hydrogen-bond acceptors (Lipinski definition) is 2. The molecule has 0 saturated heterocycles. The maximum absolute atomic E-state index is 11.2. The van der Waals surface area contributed by atoms with Gasteiger partial charge in [-0.05, 0) is 19.9 Å². The van der Waals surface area contributed by atoms with Crippen LogP contribution in [0.4, 0.5) is 0 Å². The Balaban J connectivity index is 2.82. The third-order valence-electron chi connectivity index (χ3n) is 1.76. The van der Waals surface area contributed by atoms with Crippen LogP contribution in [0.25, 0.3) is 0 Å². The molecule has 1 heterocycles. The van der Waals surface area contributed by atoms with E-state index in [1.54, 1.807) is 13.1 Å². The van der Waals surface area contributed by atoms with Crippen molar-refractivity contribution in [3.63, 3.8) is 0 Å². The van der Waals surface area contributed by atoms with Crippen LogP contribution >= 0.6 is 0 Å². The molecule has 12 heavy (non-hydrogen) atoms. The van der Waals surface area contributed by atoms with E-state index in [0.717, 1.165) is 5.69 Å². The molecule has 0 spiro atoms. The fourth-order valence-corrected chi connectivity index (χ4v) is 1.00. The smallest absolute Gasteiger partial charge is 0.339 e. The average Bonchev–Trinajstić information content (AvgIpc) is 2.33. The molecule has 1 aromatic heterocycles. The van der Waals surface area contributed by atoms with E-state index in [1.165, 1.54) is 0 Å². The Bertz CT molecular complexity index is 269. The number of hydrogen-bond donors (Lipinski definition) is 0. The van der Waals surface area contributed by atoms with Gasteiger partial charge in [0, 0.05) is 18.9 Å². The molecule has 3 nitrogen and oxygen atoms in total. The zero-order valence-electron chi connectivity index (χ0n) is 7.63. The first-order valence-corrected chi connectivity index (χ1v) is 3.95. The van der Waals surface area contributed by atoms with Gasteiger partial charge in [-0.25, -0.2) is 4.79 Å². The highest BCUT2D eigenvalue weighted by molar-refractivity contribution is 5.89. The number of aryl methyl sites for hydroxylation is 2. The lowest BCUT2D eigenvalue weighted by atomic mass is 10.3. The molecule has 0 N–H and O–H groups in total. The molecule has 0 amide bonds. The van der Waals surface area contributed by atoms with Gasteiger partial charge < -0.3 is 9.30 Å². The summed E-state index contributed by atoms with van der Waals surface area (Å²) in [5.41, 5.74) is 1.68. The predicted molar refractivity (Wildman–Crippen MR) is 46.1 cm³/mol. The number of carbonyl (C=O) groups excluding carboxylic acids is 1. The summed E-state index contributed by atoms with van der Waals surface area (Å²) in [5, 5.41) is 0. The lowest BCUT2D eigenvalue weighted by Crippen LogP contribution is -2.02. The Morgan fingerprint density at radius 2 is 2.33 bits per heavy atom. The van der Waals surface area contributed by atoms with E-state index >= 15 is 0 Å². The van der Waals surface area contributed by atoms with E-state index < -0.39 is 0 Å². The molecule has 0 aliphatic heterocycles. The van der Waals surface area contributed by atoms with Crippen molar-refractivity contribution in [1.82, 2.24) is 4.57 Å². The molecule has 1 rings (SSSR count). The van der Waals surface area contributed by atoms with Gasteiger partial charge in [0.15, 0.2) is 0 Å². The Hall–Kier alpha value is -1.25. The predicted octanol–water partition coefficient (Wildman–Crippen LogP) is 1.51. The van der Waals surface area contributed by atoms with Crippen LogP contribution in [-0.4, -0.2) is 17.1 Å². The molecule has 0 saturated carbocycles. The largest absolute Gasteiger partial charge is 0.462 e. The van der Waals surface area contributed by atoms with Crippen LogP contribution in [0, 0.1) is 6.92 Å². The Morgan fingerprint density at radius 1 is 1.67 bits per heavy atom. The molecule has 0 aliphatic rings. The van der Waals surface area contributed by atoms with E-state index in [2.05, 4.69) is 0 Å². The molecular weight excluding hydrogens is 154 g/mol. The molecule has 1 aromatic rings. The highest BCUT2D eigenvalue weighted by Gasteiger charge is 2.08. The Morgan fingerprint density at radius 3 is 2.75 bits per heavy atom. The second kappa shape index (κ2) is 3.43. The summed E-state index contributed by atoms with van der Waals surface area (Å²) in [4.78, 5) is 11.2. The molecule has 0 radical (unpaired) electrons. The van der Waals surface area contributed by atoms with Crippen LogP contribution < -0.4 is 0 Å². The molecule has 0 atom stereocenters. The third-order valence-corrected chi connectivity index (χ3v) is 1.76. The van der Waals surface area contributed by atoms with Crippen LogP contribution in [0.5, 0.6) is 0 Å². The van der Waals surface area contributed by atoms with Crippen molar-refractivity contribution in [2.45, 2.75) is 13.8 Å². The number of rotatable bonds is 2. The lowest BCUT2D eigenvalue weighted by molar-refractivity contribution is 0.0526. The molecule has 0 aliphatic carbocycles. The van der Waals surface area contributed by atoms with Gasteiger partial charge in [-0.15, -0.1) is 0 Å². The van der Waals surface area contributed by atoms with Gasteiger partial charge in [0.1, 0.15) is 0 Å². The van der Waals surface area contributed by atoms with E-state index in [0.29, 0.717) is 12.2 Å². The van der Waals surface area contributed by atoms with E-state index in [-0.39, 0.29) is 5.97 Å². The average molecular weight is 167 g/mol. The molecule has 0 bridgehead atoms. The van der Waals surface area contributed by atoms with Crippen LogP contribution in [0.2, 0.25) is 0 Å². The lowest BCUT2D eigenvalue weighted by Gasteiger charge is -1.96. The summed E-state index contributed by atoms with van der Waals surface area (Å²) < 4.78 is 6.74. The zero-order chi connectivity index (χ0) is 9.14. The van der Waals surface area contributed by atoms with Crippen molar-refractivity contribution < 1.29 is 9.53 Å². The van der Waals surface area contributed by atoms with Crippen molar-refractivity contribution in [2.75, 3.05) is 6.61 Å². The van der Waals surface area contributed by atoms with Crippen molar-refractivity contribution in [1.29, 1.82) is 0 Å². The zero-order valence-corrected chi connectivity index (χ0v) is 7.63. The standard InChI is InChI=1S/C9H13NO2/c1-4-12-9(11)8-5-7(2)10(3)6-8/h5-6H,4H2,1-3H3. The topological polar surface area (TPSA) is 31.2 Å². The molecule has 0 unspecified atom stereocenters. The number of carbonyl (C=O) groups is 1. The van der Waals surface area contributed by atoms with Gasteiger partial charge in [-0.2, -0.15) is 0 Å². The van der Waals surface area contributed by atoms with Gasteiger partial charge in [0.2, 0.25) is 0 Å². The second-order valence-electron chi connectivity index (χ2n) is 2.70. The summed E-state index contributed by atoms with van der Waals surface area (Å²) in [6, 6.07) is 1.82. The molecular formula is C9H13NO2. The number of ether oxygens (including phenoxy) is 1. The van der Waals surface area contributed by atoms with Crippen molar-refractivity contribution in [3.8, 4) is 0 Å². The molecule has 3 heteroatoms. The minimum atomic E-state index is -0.249. The number of nitrogens with zero attached hydrogens (tertiary/aromatic N) is 1. The highest BCUT2D eigenvalue weighted by Crippen LogP contribution is 2.06. The van der Waals surface area contributed by atoms with Crippen molar-refractivity contribution in [2.24, 2.45) is 7.05 Å². The third kappa shape index (κ3) is 1.67. The minimum Gasteiger partial charge on any atom is -0.462 e. The van der Waals surface area contributed by atoms with E-state index in [9.17, 15) is 4.79 Å². The van der Waals surface area contributed by atoms with Gasteiger partial charge in [0.05, 0.1) is 12.2 Å². The second-order valence-corrected chi connectivity index (χ2v) is 2.70. The summed E-state index contributed by atoms with van der Waals surface area (Å²) in [5.74, 6) is -0.249. The number of aromatic nitrogens is 1. The molecule has 66 valence electrons. The normalized spacial score (nSPS) is 9.92. The fraction of sp³-hybridized carbons (Fsp3) is 0.444. The molecule has 0 aromatic carbocycles. The summed E-state index contributed by atoms with van der Waals surface area (Å²) in [7, 11) is 1.90. The van der Waals surface area contributed by atoms with Crippen LogP contribution in [-0.2, 0) is 11.8 Å². The van der Waals surface area contributed by atoms with Gasteiger partial charge in [-0.1, -0.05) is 0 Å². The van der Waals surface area contributed by atoms with Gasteiger partial charge >= 0.3 is 5.97 Å². The monoisotopic (exact) mass is 167 g/mol. The summed E-state index contributed by atoms with van der Waals surface area (Å²) in [6.07, 6.45) is 1.77. The maximum atomic E-state index is 11.2. The molecule has 0 fully saturated rings. The SMILES string of the molecule is CCOC(=O)c1cc(C)n(C)c1. The fourth-order valence-electron chi connectivity index (χ4n) is 1.00. The quantitative estimate of drug-likeness (QED) is 0.625. The van der Waals surface area contributed by atoms with E-state index in [1.807, 2.05) is 24.6 Å². The first kappa shape index (κ1) is 8.84. The van der Waals surface area contributed by atoms with Crippen LogP contribution in [0.1, 0.15) is 23.0 Å². The summed E-state index contributed by atoms with van der Waals surface area (Å²) >= 11 is 0. The first-order valence-electron chi connectivity index (χ1n) is 3.95. The Kier molecular flexibility index (Phi) is 2.53. The van der Waals surface area contributed by atoms with Crippen molar-refractivity contribution in [3.05, 3.63) is 23.5 Å². The van der Waals surface area contributed by atoms with E-state index in [4.69, 9.17) is 4.74 Å². The maximum Gasteiger partial charge on any atom is 0.339 e. The minimum absolute atomic E-state index is 0.249. The van der Waals surface area contributed by atoms with Crippen molar-refractivity contribution >= 4 is 5.97 Å². The van der Waals surface area contributed by atoms with Crippen LogP contribution in [0.3, 0.4) is 0 Å². The van der Waals surface area contributed by atoms with Crippen LogP contribution in [0.15, 0.2) is 12.3 Å².